The van der Waals surface area contributed by atoms with Gasteiger partial charge in [-0.15, -0.1) is 0 Å². The first-order valence-corrected chi connectivity index (χ1v) is 6.69. The Morgan fingerprint density at radius 1 is 1.45 bits per heavy atom. The maximum atomic E-state index is 11.9. The van der Waals surface area contributed by atoms with Gasteiger partial charge in [-0.2, -0.15) is 5.10 Å². The molecule has 5 heteroatoms. The summed E-state index contributed by atoms with van der Waals surface area (Å²) in [6.07, 6.45) is 7.25. The zero-order valence-corrected chi connectivity index (χ0v) is 11.3. The van der Waals surface area contributed by atoms with Crippen molar-refractivity contribution < 1.29 is 4.79 Å². The molecule has 2 aromatic rings. The van der Waals surface area contributed by atoms with Gasteiger partial charge in [0, 0.05) is 29.4 Å². The summed E-state index contributed by atoms with van der Waals surface area (Å²) in [5.41, 5.74) is 2.93. The normalized spacial score (nSPS) is 14.7. The Labute approximate surface area is 117 Å². The van der Waals surface area contributed by atoms with E-state index in [4.69, 9.17) is 0 Å². The number of pyridine rings is 1. The van der Waals surface area contributed by atoms with Crippen LogP contribution >= 0.6 is 0 Å². The van der Waals surface area contributed by atoms with Crippen LogP contribution < -0.4 is 5.32 Å². The van der Waals surface area contributed by atoms with Crippen molar-refractivity contribution in [3.05, 3.63) is 47.4 Å². The fourth-order valence-corrected chi connectivity index (χ4v) is 2.10. The highest BCUT2D eigenvalue weighted by atomic mass is 16.1. The van der Waals surface area contributed by atoms with E-state index in [0.29, 0.717) is 11.7 Å². The molecule has 0 aromatic carbocycles. The summed E-state index contributed by atoms with van der Waals surface area (Å²) in [6.45, 7) is 1.98. The average Bonchev–Trinajstić information content (AvgIpc) is 3.24. The van der Waals surface area contributed by atoms with Crippen LogP contribution in [0.1, 0.15) is 35.7 Å². The minimum Gasteiger partial charge on any atom is -0.305 e. The molecule has 1 amide bonds. The highest BCUT2D eigenvalue weighted by Gasteiger charge is 2.28. The molecular formula is C15H16N4O. The Balaban J connectivity index is 1.65. The van der Waals surface area contributed by atoms with E-state index in [-0.39, 0.29) is 5.91 Å². The average molecular weight is 268 g/mol. The van der Waals surface area contributed by atoms with Crippen molar-refractivity contribution in [1.29, 1.82) is 0 Å². The van der Waals surface area contributed by atoms with Crippen LogP contribution in [0, 0.1) is 6.92 Å². The molecule has 0 atom stereocenters. The zero-order chi connectivity index (χ0) is 13.9. The monoisotopic (exact) mass is 268 g/mol. The third-order valence-electron chi connectivity index (χ3n) is 3.37. The van der Waals surface area contributed by atoms with Crippen LogP contribution in [-0.2, 0) is 4.79 Å². The van der Waals surface area contributed by atoms with Crippen LogP contribution in [0.15, 0.2) is 30.5 Å². The Morgan fingerprint density at radius 3 is 3.00 bits per heavy atom. The number of hydrogen-bond donors (Lipinski definition) is 2. The number of aromatic nitrogens is 3. The molecular weight excluding hydrogens is 252 g/mol. The molecule has 0 aliphatic heterocycles. The quantitative estimate of drug-likeness (QED) is 0.837. The fraction of sp³-hybridized carbons (Fsp3) is 0.267. The number of H-pyrrole nitrogens is 1. The molecule has 2 heterocycles. The van der Waals surface area contributed by atoms with Crippen molar-refractivity contribution >= 4 is 17.8 Å². The van der Waals surface area contributed by atoms with Gasteiger partial charge in [-0.1, -0.05) is 6.07 Å². The largest absolute Gasteiger partial charge is 0.305 e. The maximum Gasteiger partial charge on any atom is 0.249 e. The van der Waals surface area contributed by atoms with Gasteiger partial charge in [0.25, 0.3) is 0 Å². The van der Waals surface area contributed by atoms with E-state index in [1.165, 1.54) is 18.9 Å². The van der Waals surface area contributed by atoms with Crippen molar-refractivity contribution in [2.75, 3.05) is 5.32 Å². The van der Waals surface area contributed by atoms with Crippen LogP contribution in [0.4, 0.5) is 5.82 Å². The standard InChI is InChI=1S/C15H16N4O/c1-10-14(11-5-6-11)18-19-15(10)17-13(20)8-7-12-4-2-3-9-16-12/h2-4,7-9,11H,5-6H2,1H3,(H2,17,18,19,20)/b8-7+. The molecule has 0 unspecified atom stereocenters. The fourth-order valence-electron chi connectivity index (χ4n) is 2.10. The lowest BCUT2D eigenvalue weighted by molar-refractivity contribution is -0.111. The van der Waals surface area contributed by atoms with Crippen molar-refractivity contribution in [1.82, 2.24) is 15.2 Å². The molecule has 1 fully saturated rings. The molecule has 1 saturated carbocycles. The Kier molecular flexibility index (Phi) is 3.33. The van der Waals surface area contributed by atoms with Gasteiger partial charge in [0.2, 0.25) is 5.91 Å². The summed E-state index contributed by atoms with van der Waals surface area (Å²) in [4.78, 5) is 16.0. The van der Waals surface area contributed by atoms with Crippen LogP contribution in [-0.4, -0.2) is 21.1 Å². The molecule has 0 bridgehead atoms. The molecule has 1 aliphatic carbocycles. The van der Waals surface area contributed by atoms with Gasteiger partial charge < -0.3 is 5.32 Å². The lowest BCUT2D eigenvalue weighted by Crippen LogP contribution is -2.09. The molecule has 0 spiro atoms. The van der Waals surface area contributed by atoms with Crippen molar-refractivity contribution in [3.63, 3.8) is 0 Å². The first-order chi connectivity index (χ1) is 9.74. The van der Waals surface area contributed by atoms with Crippen molar-refractivity contribution in [2.24, 2.45) is 0 Å². The SMILES string of the molecule is Cc1c(NC(=O)/C=C/c2ccccn2)n[nH]c1C1CC1. The van der Waals surface area contributed by atoms with E-state index in [0.717, 1.165) is 17.0 Å². The molecule has 3 rings (SSSR count). The number of carbonyl (C=O) groups is 1. The number of anilines is 1. The lowest BCUT2D eigenvalue weighted by Gasteiger charge is -1.99. The van der Waals surface area contributed by atoms with Crippen molar-refractivity contribution in [2.45, 2.75) is 25.7 Å². The van der Waals surface area contributed by atoms with E-state index in [1.807, 2.05) is 25.1 Å². The smallest absolute Gasteiger partial charge is 0.249 e. The molecule has 2 aromatic heterocycles. The summed E-state index contributed by atoms with van der Waals surface area (Å²) in [7, 11) is 0. The van der Waals surface area contributed by atoms with Gasteiger partial charge in [0.05, 0.1) is 5.69 Å². The summed E-state index contributed by atoms with van der Waals surface area (Å²) in [6, 6.07) is 5.56. The summed E-state index contributed by atoms with van der Waals surface area (Å²) in [5, 5.41) is 9.97. The first kappa shape index (κ1) is 12.6. The summed E-state index contributed by atoms with van der Waals surface area (Å²) >= 11 is 0. The second-order valence-electron chi connectivity index (χ2n) is 4.96. The van der Waals surface area contributed by atoms with E-state index in [1.54, 1.807) is 12.3 Å². The molecule has 2 N–H and O–H groups in total. The second-order valence-corrected chi connectivity index (χ2v) is 4.96. The number of nitrogens with one attached hydrogen (secondary N) is 2. The number of carbonyl (C=O) groups excluding carboxylic acids is 1. The molecule has 0 radical (unpaired) electrons. The Bertz CT molecular complexity index is 641. The molecule has 5 nitrogen and oxygen atoms in total. The molecule has 0 saturated heterocycles. The minimum atomic E-state index is -0.201. The van der Waals surface area contributed by atoms with Crippen LogP contribution in [0.25, 0.3) is 6.08 Å². The van der Waals surface area contributed by atoms with Gasteiger partial charge in [-0.05, 0) is 38.0 Å². The predicted molar refractivity (Wildman–Crippen MR) is 77.2 cm³/mol. The van der Waals surface area contributed by atoms with E-state index in [9.17, 15) is 4.79 Å². The van der Waals surface area contributed by atoms with Crippen LogP contribution in [0.2, 0.25) is 0 Å². The van der Waals surface area contributed by atoms with E-state index in [2.05, 4.69) is 20.5 Å². The van der Waals surface area contributed by atoms with E-state index < -0.39 is 0 Å². The number of aromatic amines is 1. The first-order valence-electron chi connectivity index (χ1n) is 6.69. The molecule has 102 valence electrons. The predicted octanol–water partition coefficient (Wildman–Crippen LogP) is 2.64. The minimum absolute atomic E-state index is 0.201. The second kappa shape index (κ2) is 5.28. The molecule has 1 aliphatic rings. The third-order valence-corrected chi connectivity index (χ3v) is 3.37. The summed E-state index contributed by atoms with van der Waals surface area (Å²) < 4.78 is 0. The number of nitrogens with zero attached hydrogens (tertiary/aromatic N) is 2. The van der Waals surface area contributed by atoms with Gasteiger partial charge in [0.15, 0.2) is 5.82 Å². The maximum absolute atomic E-state index is 11.9. The van der Waals surface area contributed by atoms with Crippen molar-refractivity contribution in [3.8, 4) is 0 Å². The summed E-state index contributed by atoms with van der Waals surface area (Å²) in [5.74, 6) is 1.01. The Hall–Kier alpha value is -2.43. The Morgan fingerprint density at radius 2 is 2.30 bits per heavy atom. The number of amides is 1. The zero-order valence-electron chi connectivity index (χ0n) is 11.3. The highest BCUT2D eigenvalue weighted by molar-refractivity contribution is 6.01. The van der Waals surface area contributed by atoms with Crippen LogP contribution in [0.3, 0.4) is 0 Å². The van der Waals surface area contributed by atoms with Gasteiger partial charge in [-0.3, -0.25) is 14.9 Å². The third kappa shape index (κ3) is 2.77. The van der Waals surface area contributed by atoms with Gasteiger partial charge in [-0.25, -0.2) is 0 Å². The number of hydrogen-bond acceptors (Lipinski definition) is 3. The number of rotatable bonds is 4. The topological polar surface area (TPSA) is 70.7 Å². The highest BCUT2D eigenvalue weighted by Crippen LogP contribution is 2.41. The van der Waals surface area contributed by atoms with E-state index >= 15 is 0 Å². The van der Waals surface area contributed by atoms with Gasteiger partial charge in [0.1, 0.15) is 0 Å². The lowest BCUT2D eigenvalue weighted by atomic mass is 10.2. The van der Waals surface area contributed by atoms with Gasteiger partial charge >= 0.3 is 0 Å². The van der Waals surface area contributed by atoms with Crippen LogP contribution in [0.5, 0.6) is 0 Å². The molecule has 20 heavy (non-hydrogen) atoms.